The maximum atomic E-state index is 12.6. The van der Waals surface area contributed by atoms with E-state index in [4.69, 9.17) is 9.47 Å². The van der Waals surface area contributed by atoms with E-state index in [0.717, 1.165) is 11.1 Å². The fourth-order valence-corrected chi connectivity index (χ4v) is 2.81. The first-order chi connectivity index (χ1) is 13.0. The van der Waals surface area contributed by atoms with Gasteiger partial charge in [-0.05, 0) is 30.2 Å². The summed E-state index contributed by atoms with van der Waals surface area (Å²) >= 11 is 0. The second-order valence-corrected chi connectivity index (χ2v) is 6.16. The molecule has 0 aliphatic carbocycles. The van der Waals surface area contributed by atoms with Crippen LogP contribution in [0, 0.1) is 6.92 Å². The highest BCUT2D eigenvalue weighted by atomic mass is 16.5. The van der Waals surface area contributed by atoms with Gasteiger partial charge < -0.3 is 19.7 Å². The lowest BCUT2D eigenvalue weighted by atomic mass is 10.1. The molecule has 0 bridgehead atoms. The molecule has 2 aromatic rings. The third-order valence-electron chi connectivity index (χ3n) is 4.39. The zero-order valence-corrected chi connectivity index (χ0v) is 16.2. The van der Waals surface area contributed by atoms with Crippen LogP contribution in [0.15, 0.2) is 42.5 Å². The molecule has 144 valence electrons. The zero-order valence-electron chi connectivity index (χ0n) is 16.2. The summed E-state index contributed by atoms with van der Waals surface area (Å²) in [7, 11) is 3.01. The van der Waals surface area contributed by atoms with E-state index < -0.39 is 0 Å². The number of hydrogen-bond donors (Lipinski definition) is 1. The van der Waals surface area contributed by atoms with E-state index in [-0.39, 0.29) is 11.8 Å². The number of nitrogens with one attached hydrogen (secondary N) is 1. The smallest absolute Gasteiger partial charge is 0.258 e. The van der Waals surface area contributed by atoms with E-state index in [1.54, 1.807) is 23.1 Å². The normalized spacial score (nSPS) is 10.2. The molecular weight excluding hydrogens is 344 g/mol. The lowest BCUT2D eigenvalue weighted by Crippen LogP contribution is -2.37. The predicted octanol–water partition coefficient (Wildman–Crippen LogP) is 2.79. The first-order valence-corrected chi connectivity index (χ1v) is 8.77. The maximum Gasteiger partial charge on any atom is 0.258 e. The highest BCUT2D eigenvalue weighted by molar-refractivity contribution is 5.99. The second-order valence-electron chi connectivity index (χ2n) is 6.16. The molecule has 0 aromatic heterocycles. The van der Waals surface area contributed by atoms with Gasteiger partial charge in [-0.15, -0.1) is 0 Å². The minimum atomic E-state index is -0.302. The lowest BCUT2D eigenvalue weighted by Gasteiger charge is -2.22. The molecule has 0 heterocycles. The molecule has 0 radical (unpaired) electrons. The summed E-state index contributed by atoms with van der Waals surface area (Å²) in [6.45, 7) is 4.79. The molecule has 6 nitrogen and oxygen atoms in total. The number of aryl methyl sites for hydroxylation is 1. The monoisotopic (exact) mass is 370 g/mol. The SMILES string of the molecule is COc1cccc(OC)c1C(=O)NCCN(Cc1ccccc1C)C(C)=O. The van der Waals surface area contributed by atoms with Crippen LogP contribution in [0.25, 0.3) is 0 Å². The standard InChI is InChI=1S/C21H26N2O4/c1-15-8-5-6-9-17(15)14-23(16(2)24)13-12-22-21(25)20-18(26-3)10-7-11-19(20)27-4/h5-11H,12-14H2,1-4H3,(H,22,25). The summed E-state index contributed by atoms with van der Waals surface area (Å²) in [5.41, 5.74) is 2.56. The second kappa shape index (κ2) is 9.62. The molecule has 0 saturated heterocycles. The molecule has 27 heavy (non-hydrogen) atoms. The van der Waals surface area contributed by atoms with Gasteiger partial charge in [0.15, 0.2) is 0 Å². The van der Waals surface area contributed by atoms with Crippen molar-refractivity contribution in [3.63, 3.8) is 0 Å². The van der Waals surface area contributed by atoms with Gasteiger partial charge in [0.2, 0.25) is 5.91 Å². The van der Waals surface area contributed by atoms with E-state index in [9.17, 15) is 9.59 Å². The Labute approximate surface area is 160 Å². The number of methoxy groups -OCH3 is 2. The number of rotatable bonds is 8. The van der Waals surface area contributed by atoms with Gasteiger partial charge in [-0.1, -0.05) is 30.3 Å². The Bertz CT molecular complexity index is 782. The van der Waals surface area contributed by atoms with Gasteiger partial charge in [0.25, 0.3) is 5.91 Å². The fraction of sp³-hybridized carbons (Fsp3) is 0.333. The molecular formula is C21H26N2O4. The quantitative estimate of drug-likeness (QED) is 0.776. The van der Waals surface area contributed by atoms with Crippen molar-refractivity contribution in [2.24, 2.45) is 0 Å². The summed E-state index contributed by atoms with van der Waals surface area (Å²) in [4.78, 5) is 26.3. The van der Waals surface area contributed by atoms with Gasteiger partial charge in [-0.3, -0.25) is 9.59 Å². The minimum Gasteiger partial charge on any atom is -0.496 e. The first kappa shape index (κ1) is 20.3. The lowest BCUT2D eigenvalue weighted by molar-refractivity contribution is -0.129. The molecule has 0 fully saturated rings. The van der Waals surface area contributed by atoms with Crippen molar-refractivity contribution in [2.45, 2.75) is 20.4 Å². The Morgan fingerprint density at radius 2 is 1.63 bits per heavy atom. The molecule has 2 amide bonds. The van der Waals surface area contributed by atoms with Gasteiger partial charge in [-0.2, -0.15) is 0 Å². The Balaban J connectivity index is 2.02. The number of hydrogen-bond acceptors (Lipinski definition) is 4. The van der Waals surface area contributed by atoms with Crippen molar-refractivity contribution in [1.29, 1.82) is 0 Å². The molecule has 1 N–H and O–H groups in total. The molecule has 0 unspecified atom stereocenters. The van der Waals surface area contributed by atoms with Crippen LogP contribution >= 0.6 is 0 Å². The Morgan fingerprint density at radius 1 is 1.00 bits per heavy atom. The molecule has 2 rings (SSSR count). The predicted molar refractivity (Wildman–Crippen MR) is 104 cm³/mol. The average Bonchev–Trinajstić information content (AvgIpc) is 2.67. The molecule has 0 spiro atoms. The van der Waals surface area contributed by atoms with Crippen molar-refractivity contribution >= 4 is 11.8 Å². The summed E-state index contributed by atoms with van der Waals surface area (Å²) in [6, 6.07) is 13.1. The third-order valence-corrected chi connectivity index (χ3v) is 4.39. The number of ether oxygens (including phenoxy) is 2. The molecule has 0 atom stereocenters. The Morgan fingerprint density at radius 3 is 2.19 bits per heavy atom. The van der Waals surface area contributed by atoms with E-state index >= 15 is 0 Å². The van der Waals surface area contributed by atoms with Gasteiger partial charge in [-0.25, -0.2) is 0 Å². The van der Waals surface area contributed by atoms with Crippen LogP contribution in [0.4, 0.5) is 0 Å². The minimum absolute atomic E-state index is 0.0395. The average molecular weight is 370 g/mol. The summed E-state index contributed by atoms with van der Waals surface area (Å²) in [6.07, 6.45) is 0. The van der Waals surface area contributed by atoms with Gasteiger partial charge >= 0.3 is 0 Å². The molecule has 0 aliphatic rings. The Kier molecular flexibility index (Phi) is 7.23. The van der Waals surface area contributed by atoms with Gasteiger partial charge in [0.05, 0.1) is 14.2 Å². The highest BCUT2D eigenvalue weighted by Gasteiger charge is 2.18. The van der Waals surface area contributed by atoms with Crippen LogP contribution < -0.4 is 14.8 Å². The molecule has 6 heteroatoms. The number of benzene rings is 2. The zero-order chi connectivity index (χ0) is 19.8. The van der Waals surface area contributed by atoms with Crippen LogP contribution in [0.1, 0.15) is 28.4 Å². The van der Waals surface area contributed by atoms with E-state index in [2.05, 4.69) is 5.32 Å². The number of amides is 2. The van der Waals surface area contributed by atoms with Crippen LogP contribution in [0.5, 0.6) is 11.5 Å². The Hall–Kier alpha value is -3.02. The molecule has 0 aliphatic heterocycles. The van der Waals surface area contributed by atoms with Crippen molar-refractivity contribution in [3.8, 4) is 11.5 Å². The van der Waals surface area contributed by atoms with Crippen molar-refractivity contribution in [2.75, 3.05) is 27.3 Å². The van der Waals surface area contributed by atoms with Crippen molar-refractivity contribution < 1.29 is 19.1 Å². The van der Waals surface area contributed by atoms with E-state index in [1.807, 2.05) is 31.2 Å². The van der Waals surface area contributed by atoms with Crippen LogP contribution in [-0.4, -0.2) is 44.0 Å². The van der Waals surface area contributed by atoms with Crippen molar-refractivity contribution in [1.82, 2.24) is 10.2 Å². The largest absolute Gasteiger partial charge is 0.496 e. The van der Waals surface area contributed by atoms with Gasteiger partial charge in [0, 0.05) is 26.6 Å². The van der Waals surface area contributed by atoms with E-state index in [0.29, 0.717) is 36.7 Å². The molecule has 0 saturated carbocycles. The maximum absolute atomic E-state index is 12.6. The first-order valence-electron chi connectivity index (χ1n) is 8.77. The van der Waals surface area contributed by atoms with Crippen LogP contribution in [-0.2, 0) is 11.3 Å². The number of nitrogens with zero attached hydrogens (tertiary/aromatic N) is 1. The summed E-state index contributed by atoms with van der Waals surface area (Å²) < 4.78 is 10.5. The topological polar surface area (TPSA) is 67.9 Å². The third kappa shape index (κ3) is 5.23. The van der Waals surface area contributed by atoms with Crippen LogP contribution in [0.3, 0.4) is 0 Å². The van der Waals surface area contributed by atoms with E-state index in [1.165, 1.54) is 21.1 Å². The van der Waals surface area contributed by atoms with Crippen LogP contribution in [0.2, 0.25) is 0 Å². The van der Waals surface area contributed by atoms with Crippen molar-refractivity contribution in [3.05, 3.63) is 59.2 Å². The number of carbonyl (C=O) groups is 2. The molecule has 2 aromatic carbocycles. The van der Waals surface area contributed by atoms with Gasteiger partial charge in [0.1, 0.15) is 17.1 Å². The fourth-order valence-electron chi connectivity index (χ4n) is 2.81. The highest BCUT2D eigenvalue weighted by Crippen LogP contribution is 2.27. The number of carbonyl (C=O) groups excluding carboxylic acids is 2. The summed E-state index contributed by atoms with van der Waals surface area (Å²) in [5.74, 6) is 0.538. The summed E-state index contributed by atoms with van der Waals surface area (Å²) in [5, 5.41) is 2.84.